The zero-order valence-corrected chi connectivity index (χ0v) is 16.4. The van der Waals surface area contributed by atoms with Gasteiger partial charge in [-0.3, -0.25) is 0 Å². The highest BCUT2D eigenvalue weighted by Gasteiger charge is 2.20. The number of aromatic nitrogens is 2. The van der Waals surface area contributed by atoms with Crippen LogP contribution < -0.4 is 4.74 Å². The molecule has 0 spiro atoms. The average Bonchev–Trinajstić information content (AvgIpc) is 3.39. The number of fused-ring (bicyclic) bond motifs is 3. The highest BCUT2D eigenvalue weighted by atomic mass is 32.1. The molecule has 3 aromatic heterocycles. The van der Waals surface area contributed by atoms with Crippen LogP contribution in [0.2, 0.25) is 0 Å². The molecular formula is C22H12F2N2O4S. The molecule has 2 aromatic carbocycles. The fraction of sp³-hybridized carbons (Fsp3) is 0.0455. The number of hydrogen-bond donors (Lipinski definition) is 1. The standard InChI is InChI=1S/C22H12F2N2O4S/c23-22(24)30-17-9-8-12(18-11-4-1-2-7-16(11)29-19(17)18)20-26-15(10-31-20)13-5-3-6-14(25-13)21(27)28/h1-10,22H,(H,27,28). The van der Waals surface area contributed by atoms with Gasteiger partial charge in [0.25, 0.3) is 0 Å². The third-order valence-electron chi connectivity index (χ3n) is 4.67. The number of pyridine rings is 1. The first kappa shape index (κ1) is 19.1. The van der Waals surface area contributed by atoms with Gasteiger partial charge in [-0.1, -0.05) is 24.3 Å². The number of thiazole rings is 1. The van der Waals surface area contributed by atoms with Crippen molar-refractivity contribution in [3.05, 3.63) is 65.7 Å². The minimum absolute atomic E-state index is 0.0578. The third kappa shape index (κ3) is 3.38. The lowest BCUT2D eigenvalue weighted by Crippen LogP contribution is -2.02. The zero-order chi connectivity index (χ0) is 21.5. The molecule has 9 heteroatoms. The number of halogens is 2. The number of carbonyl (C=O) groups is 1. The van der Waals surface area contributed by atoms with Crippen molar-refractivity contribution < 1.29 is 27.8 Å². The number of carboxylic acids is 1. The van der Waals surface area contributed by atoms with E-state index < -0.39 is 12.6 Å². The number of ether oxygens (including phenoxy) is 1. The molecule has 0 atom stereocenters. The molecule has 6 nitrogen and oxygen atoms in total. The van der Waals surface area contributed by atoms with E-state index in [0.717, 1.165) is 5.39 Å². The maximum Gasteiger partial charge on any atom is 0.387 e. The maximum absolute atomic E-state index is 12.9. The van der Waals surface area contributed by atoms with Crippen molar-refractivity contribution in [1.29, 1.82) is 0 Å². The molecule has 1 N–H and O–H groups in total. The lowest BCUT2D eigenvalue weighted by Gasteiger charge is -2.07. The molecule has 0 saturated heterocycles. The molecule has 0 aliphatic rings. The predicted octanol–water partition coefficient (Wildman–Crippen LogP) is 6.07. The molecule has 0 aliphatic heterocycles. The molecule has 0 unspecified atom stereocenters. The van der Waals surface area contributed by atoms with Crippen molar-refractivity contribution in [3.63, 3.8) is 0 Å². The van der Waals surface area contributed by atoms with E-state index >= 15 is 0 Å². The molecule has 3 heterocycles. The molecule has 154 valence electrons. The highest BCUT2D eigenvalue weighted by molar-refractivity contribution is 7.13. The first-order chi connectivity index (χ1) is 15.0. The van der Waals surface area contributed by atoms with Gasteiger partial charge >= 0.3 is 12.6 Å². The monoisotopic (exact) mass is 438 g/mol. The predicted molar refractivity (Wildman–Crippen MR) is 112 cm³/mol. The quantitative estimate of drug-likeness (QED) is 0.358. The summed E-state index contributed by atoms with van der Waals surface area (Å²) in [6.07, 6.45) is 0. The van der Waals surface area contributed by atoms with Gasteiger partial charge in [-0.25, -0.2) is 14.8 Å². The molecular weight excluding hydrogens is 426 g/mol. The van der Waals surface area contributed by atoms with Crippen LogP contribution in [-0.2, 0) is 0 Å². The fourth-order valence-corrected chi connectivity index (χ4v) is 4.23. The smallest absolute Gasteiger partial charge is 0.387 e. The molecule has 5 rings (SSSR count). The van der Waals surface area contributed by atoms with E-state index in [9.17, 15) is 13.6 Å². The minimum atomic E-state index is -2.98. The van der Waals surface area contributed by atoms with E-state index in [1.807, 2.05) is 12.1 Å². The summed E-state index contributed by atoms with van der Waals surface area (Å²) in [5.74, 6) is -1.18. The van der Waals surface area contributed by atoms with Gasteiger partial charge in [0, 0.05) is 21.7 Å². The second-order valence-corrected chi connectivity index (χ2v) is 7.40. The van der Waals surface area contributed by atoms with Gasteiger partial charge in [0.05, 0.1) is 5.69 Å². The number of carboxylic acid groups (broad SMARTS) is 1. The first-order valence-corrected chi connectivity index (χ1v) is 9.95. The second-order valence-electron chi connectivity index (χ2n) is 6.54. The van der Waals surface area contributed by atoms with E-state index in [4.69, 9.17) is 9.52 Å². The lowest BCUT2D eigenvalue weighted by molar-refractivity contribution is -0.0493. The fourth-order valence-electron chi connectivity index (χ4n) is 3.38. The molecule has 0 amide bonds. The van der Waals surface area contributed by atoms with Gasteiger partial charge in [0.2, 0.25) is 0 Å². The van der Waals surface area contributed by atoms with E-state index in [-0.39, 0.29) is 17.0 Å². The Kier molecular flexibility index (Phi) is 4.59. The second kappa shape index (κ2) is 7.44. The number of aromatic carboxylic acids is 1. The number of benzene rings is 2. The van der Waals surface area contributed by atoms with Gasteiger partial charge in [0.15, 0.2) is 11.3 Å². The van der Waals surface area contributed by atoms with Crippen LogP contribution in [0.15, 0.2) is 64.4 Å². The van der Waals surface area contributed by atoms with Gasteiger partial charge < -0.3 is 14.3 Å². The van der Waals surface area contributed by atoms with Crippen molar-refractivity contribution in [2.45, 2.75) is 6.61 Å². The Bertz CT molecular complexity index is 1440. The molecule has 0 saturated carbocycles. The van der Waals surface area contributed by atoms with Crippen molar-refractivity contribution in [2.24, 2.45) is 0 Å². The van der Waals surface area contributed by atoms with Crippen molar-refractivity contribution in [1.82, 2.24) is 9.97 Å². The number of nitrogens with zero attached hydrogens (tertiary/aromatic N) is 2. The van der Waals surface area contributed by atoms with Gasteiger partial charge in [-0.2, -0.15) is 8.78 Å². The van der Waals surface area contributed by atoms with Crippen molar-refractivity contribution in [3.8, 4) is 27.7 Å². The van der Waals surface area contributed by atoms with Crippen molar-refractivity contribution in [2.75, 3.05) is 0 Å². The molecule has 0 radical (unpaired) electrons. The Labute approximate surface area is 177 Å². The van der Waals surface area contributed by atoms with E-state index in [1.165, 1.54) is 23.5 Å². The molecule has 0 bridgehead atoms. The zero-order valence-electron chi connectivity index (χ0n) is 15.6. The number of furan rings is 1. The third-order valence-corrected chi connectivity index (χ3v) is 5.55. The Hall–Kier alpha value is -3.85. The minimum Gasteiger partial charge on any atom is -0.477 e. The van der Waals surface area contributed by atoms with Gasteiger partial charge in [-0.05, 0) is 30.3 Å². The van der Waals surface area contributed by atoms with Gasteiger partial charge in [0.1, 0.15) is 22.0 Å². The summed E-state index contributed by atoms with van der Waals surface area (Å²) in [4.78, 5) is 19.9. The Morgan fingerprint density at radius 1 is 1.03 bits per heavy atom. The SMILES string of the molecule is O=C(O)c1cccc(-c2csc(-c3ccc(OC(F)F)c4oc5ccccc5c34)n2)n1. The normalized spacial score (nSPS) is 11.5. The molecule has 0 fully saturated rings. The summed E-state index contributed by atoms with van der Waals surface area (Å²) in [6, 6.07) is 15.0. The summed E-state index contributed by atoms with van der Waals surface area (Å²) >= 11 is 1.33. The number of hydrogen-bond acceptors (Lipinski definition) is 6. The highest BCUT2D eigenvalue weighted by Crippen LogP contribution is 2.42. The van der Waals surface area contributed by atoms with Crippen LogP contribution in [0.3, 0.4) is 0 Å². The summed E-state index contributed by atoms with van der Waals surface area (Å²) < 4.78 is 36.2. The number of alkyl halides is 2. The van der Waals surface area contributed by atoms with E-state index in [2.05, 4.69) is 14.7 Å². The van der Waals surface area contributed by atoms with Crippen molar-refractivity contribution >= 4 is 39.2 Å². The summed E-state index contributed by atoms with van der Waals surface area (Å²) in [7, 11) is 0. The van der Waals surface area contributed by atoms with Crippen LogP contribution in [-0.4, -0.2) is 27.7 Å². The van der Waals surface area contributed by atoms with Crippen LogP contribution in [0.4, 0.5) is 8.78 Å². The van der Waals surface area contributed by atoms with Crippen LogP contribution in [0.5, 0.6) is 5.75 Å². The Balaban J connectivity index is 1.68. The van der Waals surface area contributed by atoms with Crippen LogP contribution in [0, 0.1) is 0 Å². The number of para-hydroxylation sites is 1. The first-order valence-electron chi connectivity index (χ1n) is 9.07. The Morgan fingerprint density at radius 2 is 1.87 bits per heavy atom. The van der Waals surface area contributed by atoms with E-state index in [1.54, 1.807) is 35.7 Å². The molecule has 5 aromatic rings. The van der Waals surface area contributed by atoms with Crippen LogP contribution in [0.25, 0.3) is 43.9 Å². The molecule has 31 heavy (non-hydrogen) atoms. The van der Waals surface area contributed by atoms with E-state index in [0.29, 0.717) is 32.9 Å². The average molecular weight is 438 g/mol. The Morgan fingerprint density at radius 3 is 2.68 bits per heavy atom. The largest absolute Gasteiger partial charge is 0.477 e. The summed E-state index contributed by atoms with van der Waals surface area (Å²) in [5.41, 5.74) is 2.29. The summed E-state index contributed by atoms with van der Waals surface area (Å²) in [5, 5.41) is 12.9. The maximum atomic E-state index is 12.9. The summed E-state index contributed by atoms with van der Waals surface area (Å²) in [6.45, 7) is -2.98. The molecule has 0 aliphatic carbocycles. The van der Waals surface area contributed by atoms with Gasteiger partial charge in [-0.15, -0.1) is 11.3 Å². The van der Waals surface area contributed by atoms with Crippen LogP contribution >= 0.6 is 11.3 Å². The lowest BCUT2D eigenvalue weighted by atomic mass is 10.1. The van der Waals surface area contributed by atoms with Crippen LogP contribution in [0.1, 0.15) is 10.5 Å². The number of rotatable bonds is 5. The topological polar surface area (TPSA) is 85.5 Å².